The fourth-order valence-corrected chi connectivity index (χ4v) is 2.87. The van der Waals surface area contributed by atoms with Crippen molar-refractivity contribution in [3.8, 4) is 0 Å². The molecule has 1 saturated heterocycles. The second kappa shape index (κ2) is 5.79. The third-order valence-electron chi connectivity index (χ3n) is 4.02. The minimum atomic E-state index is -0.368. The summed E-state index contributed by atoms with van der Waals surface area (Å²) in [6, 6.07) is 5.16. The van der Waals surface area contributed by atoms with Crippen molar-refractivity contribution in [3.05, 3.63) is 24.5 Å². The molecular weight excluding hydrogens is 280 g/mol. The van der Waals surface area contributed by atoms with Gasteiger partial charge in [0.25, 0.3) is 0 Å². The number of aromatic amines is 1. The molecule has 1 aliphatic heterocycles. The Morgan fingerprint density at radius 2 is 2.23 bits per heavy atom. The van der Waals surface area contributed by atoms with E-state index in [1.54, 1.807) is 11.2 Å². The zero-order valence-electron chi connectivity index (χ0n) is 12.8. The lowest BCUT2D eigenvalue weighted by atomic mass is 10.1. The first-order valence-corrected chi connectivity index (χ1v) is 7.61. The number of anilines is 1. The Labute approximate surface area is 128 Å². The van der Waals surface area contributed by atoms with Gasteiger partial charge in [0.15, 0.2) is 0 Å². The number of carbonyl (C=O) groups is 2. The number of H-pyrrole nitrogens is 1. The zero-order chi connectivity index (χ0) is 15.7. The molecule has 1 fully saturated rings. The molecule has 6 nitrogen and oxygen atoms in total. The number of hydrogen-bond donors (Lipinski definition) is 2. The molecule has 3 rings (SSSR count). The van der Waals surface area contributed by atoms with Gasteiger partial charge in [-0.25, -0.2) is 4.98 Å². The molecule has 0 aliphatic carbocycles. The topological polar surface area (TPSA) is 78.1 Å². The van der Waals surface area contributed by atoms with Crippen molar-refractivity contribution in [3.63, 3.8) is 0 Å². The van der Waals surface area contributed by atoms with Crippen molar-refractivity contribution in [2.45, 2.75) is 32.7 Å². The third kappa shape index (κ3) is 2.68. The van der Waals surface area contributed by atoms with E-state index in [1.807, 2.05) is 32.0 Å². The van der Waals surface area contributed by atoms with Crippen LogP contribution in [0.3, 0.4) is 0 Å². The van der Waals surface area contributed by atoms with Crippen LogP contribution in [0.5, 0.6) is 0 Å². The van der Waals surface area contributed by atoms with Crippen LogP contribution in [0.2, 0.25) is 0 Å². The number of amides is 2. The molecule has 1 unspecified atom stereocenters. The molecule has 1 aromatic heterocycles. The van der Waals surface area contributed by atoms with Gasteiger partial charge in [0.1, 0.15) is 6.04 Å². The quantitative estimate of drug-likeness (QED) is 0.911. The Balaban J connectivity index is 1.74. The van der Waals surface area contributed by atoms with E-state index in [0.29, 0.717) is 12.2 Å². The minimum Gasteiger partial charge on any atom is -0.345 e. The van der Waals surface area contributed by atoms with Crippen LogP contribution in [-0.2, 0) is 9.59 Å². The number of aromatic nitrogens is 2. The molecule has 1 atom stereocenters. The highest BCUT2D eigenvalue weighted by Crippen LogP contribution is 2.22. The summed E-state index contributed by atoms with van der Waals surface area (Å²) < 4.78 is 0. The number of likely N-dealkylation sites (tertiary alicyclic amines) is 1. The maximum absolute atomic E-state index is 12.5. The van der Waals surface area contributed by atoms with E-state index in [2.05, 4.69) is 15.3 Å². The second-order valence-electron chi connectivity index (χ2n) is 5.97. The van der Waals surface area contributed by atoms with Crippen LogP contribution in [-0.4, -0.2) is 39.3 Å². The number of hydrogen-bond acceptors (Lipinski definition) is 3. The number of carbonyl (C=O) groups excluding carboxylic acids is 2. The van der Waals surface area contributed by atoms with E-state index in [4.69, 9.17) is 0 Å². The first-order valence-electron chi connectivity index (χ1n) is 7.61. The van der Waals surface area contributed by atoms with Crippen LogP contribution in [0, 0.1) is 5.92 Å². The SMILES string of the molecule is CC(C)C(=O)N1CCCC1C(=O)Nc1ccc2nc[nH]c2c1. The minimum absolute atomic E-state index is 0.0432. The third-order valence-corrected chi connectivity index (χ3v) is 4.02. The first kappa shape index (κ1) is 14.6. The van der Waals surface area contributed by atoms with Crippen molar-refractivity contribution in [1.29, 1.82) is 0 Å². The highest BCUT2D eigenvalue weighted by Gasteiger charge is 2.34. The molecule has 2 aromatic rings. The van der Waals surface area contributed by atoms with E-state index in [-0.39, 0.29) is 23.8 Å². The molecular formula is C16H20N4O2. The largest absolute Gasteiger partial charge is 0.345 e. The molecule has 0 spiro atoms. The summed E-state index contributed by atoms with van der Waals surface area (Å²) in [5, 5.41) is 2.91. The lowest BCUT2D eigenvalue weighted by Gasteiger charge is -2.25. The highest BCUT2D eigenvalue weighted by molar-refractivity contribution is 5.98. The van der Waals surface area contributed by atoms with Gasteiger partial charge in [0, 0.05) is 18.2 Å². The molecule has 1 aliphatic rings. The summed E-state index contributed by atoms with van der Waals surface area (Å²) in [4.78, 5) is 33.6. The van der Waals surface area contributed by atoms with E-state index >= 15 is 0 Å². The molecule has 2 amide bonds. The summed E-state index contributed by atoms with van der Waals surface area (Å²) in [5.41, 5.74) is 2.44. The second-order valence-corrected chi connectivity index (χ2v) is 5.97. The number of nitrogens with one attached hydrogen (secondary N) is 2. The Hall–Kier alpha value is -2.37. The number of benzene rings is 1. The average molecular weight is 300 g/mol. The summed E-state index contributed by atoms with van der Waals surface area (Å²) in [6.07, 6.45) is 3.21. The smallest absolute Gasteiger partial charge is 0.247 e. The number of imidazole rings is 1. The molecule has 0 bridgehead atoms. The van der Waals surface area contributed by atoms with Gasteiger partial charge in [0.05, 0.1) is 17.4 Å². The summed E-state index contributed by atoms with van der Waals surface area (Å²) >= 11 is 0. The summed E-state index contributed by atoms with van der Waals surface area (Å²) in [6.45, 7) is 4.39. The van der Waals surface area contributed by atoms with Crippen LogP contribution < -0.4 is 5.32 Å². The maximum Gasteiger partial charge on any atom is 0.247 e. The highest BCUT2D eigenvalue weighted by atomic mass is 16.2. The fraction of sp³-hybridized carbons (Fsp3) is 0.438. The Morgan fingerprint density at radius 1 is 1.41 bits per heavy atom. The zero-order valence-corrected chi connectivity index (χ0v) is 12.8. The van der Waals surface area contributed by atoms with Crippen LogP contribution in [0.4, 0.5) is 5.69 Å². The van der Waals surface area contributed by atoms with Crippen LogP contribution in [0.15, 0.2) is 24.5 Å². The van der Waals surface area contributed by atoms with E-state index in [0.717, 1.165) is 23.9 Å². The van der Waals surface area contributed by atoms with Gasteiger partial charge in [-0.3, -0.25) is 9.59 Å². The molecule has 6 heteroatoms. The normalized spacial score (nSPS) is 18.1. The van der Waals surface area contributed by atoms with Crippen molar-refractivity contribution >= 4 is 28.5 Å². The summed E-state index contributed by atoms with van der Waals surface area (Å²) in [5.74, 6) is -0.165. The molecule has 0 saturated carbocycles. The Kier molecular flexibility index (Phi) is 3.83. The fourth-order valence-electron chi connectivity index (χ4n) is 2.87. The van der Waals surface area contributed by atoms with Crippen LogP contribution >= 0.6 is 0 Å². The van der Waals surface area contributed by atoms with Crippen molar-refractivity contribution < 1.29 is 9.59 Å². The molecule has 22 heavy (non-hydrogen) atoms. The van der Waals surface area contributed by atoms with Gasteiger partial charge < -0.3 is 15.2 Å². The van der Waals surface area contributed by atoms with Crippen molar-refractivity contribution in [1.82, 2.24) is 14.9 Å². The molecule has 0 radical (unpaired) electrons. The van der Waals surface area contributed by atoms with E-state index in [9.17, 15) is 9.59 Å². The molecule has 2 heterocycles. The molecule has 2 N–H and O–H groups in total. The van der Waals surface area contributed by atoms with Crippen molar-refractivity contribution in [2.24, 2.45) is 5.92 Å². The van der Waals surface area contributed by atoms with E-state index < -0.39 is 0 Å². The van der Waals surface area contributed by atoms with Gasteiger partial charge in [0.2, 0.25) is 11.8 Å². The lowest BCUT2D eigenvalue weighted by molar-refractivity contribution is -0.139. The van der Waals surface area contributed by atoms with Gasteiger partial charge in [-0.15, -0.1) is 0 Å². The predicted octanol–water partition coefficient (Wildman–Crippen LogP) is 2.15. The Morgan fingerprint density at radius 3 is 3.00 bits per heavy atom. The van der Waals surface area contributed by atoms with Crippen LogP contribution in [0.1, 0.15) is 26.7 Å². The maximum atomic E-state index is 12.5. The van der Waals surface area contributed by atoms with Crippen LogP contribution in [0.25, 0.3) is 11.0 Å². The monoisotopic (exact) mass is 300 g/mol. The number of fused-ring (bicyclic) bond motifs is 1. The first-order chi connectivity index (χ1) is 10.6. The van der Waals surface area contributed by atoms with E-state index in [1.165, 1.54) is 0 Å². The standard InChI is InChI=1S/C16H20N4O2/c1-10(2)16(22)20-7-3-4-14(20)15(21)19-11-5-6-12-13(8-11)18-9-17-12/h5-6,8-10,14H,3-4,7H2,1-2H3,(H,17,18)(H,19,21). The summed E-state index contributed by atoms with van der Waals surface area (Å²) in [7, 11) is 0. The number of nitrogens with zero attached hydrogens (tertiary/aromatic N) is 2. The molecule has 1 aromatic carbocycles. The average Bonchev–Trinajstić information content (AvgIpc) is 3.14. The van der Waals surface area contributed by atoms with Crippen molar-refractivity contribution in [2.75, 3.05) is 11.9 Å². The lowest BCUT2D eigenvalue weighted by Crippen LogP contribution is -2.44. The molecule has 116 valence electrons. The van der Waals surface area contributed by atoms with Gasteiger partial charge in [-0.1, -0.05) is 13.8 Å². The predicted molar refractivity (Wildman–Crippen MR) is 84.3 cm³/mol. The Bertz CT molecular complexity index is 707. The van der Waals surface area contributed by atoms with Gasteiger partial charge >= 0.3 is 0 Å². The van der Waals surface area contributed by atoms with Gasteiger partial charge in [-0.2, -0.15) is 0 Å². The van der Waals surface area contributed by atoms with Gasteiger partial charge in [-0.05, 0) is 31.0 Å². The number of rotatable bonds is 3.